The predicted octanol–water partition coefficient (Wildman–Crippen LogP) is 1.86. The monoisotopic (exact) mass is 290 g/mol. The van der Waals surface area contributed by atoms with Crippen LogP contribution in [-0.2, 0) is 11.3 Å². The summed E-state index contributed by atoms with van der Waals surface area (Å²) in [6.07, 6.45) is 4.98. The second kappa shape index (κ2) is 7.98. The van der Waals surface area contributed by atoms with Crippen molar-refractivity contribution in [1.29, 1.82) is 0 Å². The first kappa shape index (κ1) is 15.8. The van der Waals surface area contributed by atoms with Gasteiger partial charge in [0.25, 0.3) is 0 Å². The minimum Gasteiger partial charge on any atom is -0.370 e. The minimum atomic E-state index is 0.118. The summed E-state index contributed by atoms with van der Waals surface area (Å²) in [4.78, 5) is 18.6. The molecule has 0 radical (unpaired) electrons. The SMILES string of the molecule is CCCNc1ncccc1CN1CCCC(C(=O)NC)C1. The fourth-order valence-electron chi connectivity index (χ4n) is 2.83. The normalized spacial score (nSPS) is 19.2. The molecule has 0 bridgehead atoms. The number of nitrogens with one attached hydrogen (secondary N) is 2. The van der Waals surface area contributed by atoms with E-state index >= 15 is 0 Å². The third kappa shape index (κ3) is 4.43. The van der Waals surface area contributed by atoms with Crippen molar-refractivity contribution in [2.24, 2.45) is 5.92 Å². The van der Waals surface area contributed by atoms with E-state index in [0.717, 1.165) is 51.3 Å². The van der Waals surface area contributed by atoms with E-state index in [-0.39, 0.29) is 11.8 Å². The number of hydrogen-bond acceptors (Lipinski definition) is 4. The van der Waals surface area contributed by atoms with Gasteiger partial charge in [-0.2, -0.15) is 0 Å². The lowest BCUT2D eigenvalue weighted by atomic mass is 9.97. The van der Waals surface area contributed by atoms with Crippen LogP contribution in [0.3, 0.4) is 0 Å². The number of anilines is 1. The number of carbonyl (C=O) groups is 1. The van der Waals surface area contributed by atoms with Gasteiger partial charge in [0.05, 0.1) is 5.92 Å². The molecule has 1 unspecified atom stereocenters. The summed E-state index contributed by atoms with van der Waals surface area (Å²) < 4.78 is 0. The fraction of sp³-hybridized carbons (Fsp3) is 0.625. The van der Waals surface area contributed by atoms with E-state index in [1.54, 1.807) is 7.05 Å². The Labute approximate surface area is 127 Å². The number of nitrogens with zero attached hydrogens (tertiary/aromatic N) is 2. The van der Waals surface area contributed by atoms with Gasteiger partial charge in [-0.15, -0.1) is 0 Å². The second-order valence-electron chi connectivity index (χ2n) is 5.63. The maximum Gasteiger partial charge on any atom is 0.224 e. The van der Waals surface area contributed by atoms with Crippen molar-refractivity contribution in [3.63, 3.8) is 0 Å². The van der Waals surface area contributed by atoms with Gasteiger partial charge in [0, 0.05) is 38.4 Å². The lowest BCUT2D eigenvalue weighted by Gasteiger charge is -2.32. The number of aromatic nitrogens is 1. The Hall–Kier alpha value is -1.62. The molecule has 0 saturated carbocycles. The van der Waals surface area contributed by atoms with Crippen LogP contribution in [0.4, 0.5) is 5.82 Å². The van der Waals surface area contributed by atoms with Crippen molar-refractivity contribution < 1.29 is 4.79 Å². The van der Waals surface area contributed by atoms with Crippen LogP contribution >= 0.6 is 0 Å². The lowest BCUT2D eigenvalue weighted by Crippen LogP contribution is -2.41. The standard InChI is InChI=1S/C16H26N4O/c1-3-8-18-15-13(6-4-9-19-15)11-20-10-5-7-14(12-20)16(21)17-2/h4,6,9,14H,3,5,7-8,10-12H2,1-2H3,(H,17,21)(H,18,19). The van der Waals surface area contributed by atoms with Crippen LogP contribution in [-0.4, -0.2) is 42.5 Å². The van der Waals surface area contributed by atoms with Crippen molar-refractivity contribution >= 4 is 11.7 Å². The van der Waals surface area contributed by atoms with E-state index in [9.17, 15) is 4.79 Å². The largest absolute Gasteiger partial charge is 0.370 e. The van der Waals surface area contributed by atoms with Crippen molar-refractivity contribution in [3.05, 3.63) is 23.9 Å². The van der Waals surface area contributed by atoms with Crippen LogP contribution in [0.1, 0.15) is 31.7 Å². The molecule has 0 aliphatic carbocycles. The van der Waals surface area contributed by atoms with E-state index in [1.165, 1.54) is 5.56 Å². The molecule has 5 heteroatoms. The van der Waals surface area contributed by atoms with Crippen molar-refractivity contribution in [2.75, 3.05) is 32.0 Å². The Balaban J connectivity index is 1.99. The fourth-order valence-corrected chi connectivity index (χ4v) is 2.83. The number of hydrogen-bond donors (Lipinski definition) is 2. The van der Waals surface area contributed by atoms with Gasteiger partial charge in [0.2, 0.25) is 5.91 Å². The summed E-state index contributed by atoms with van der Waals surface area (Å²) in [5.41, 5.74) is 1.21. The predicted molar refractivity (Wildman–Crippen MR) is 85.1 cm³/mol. The zero-order valence-electron chi connectivity index (χ0n) is 13.1. The van der Waals surface area contributed by atoms with Gasteiger partial charge in [-0.3, -0.25) is 9.69 Å². The molecule has 1 aromatic rings. The average Bonchev–Trinajstić information content (AvgIpc) is 2.53. The van der Waals surface area contributed by atoms with E-state index in [4.69, 9.17) is 0 Å². The highest BCUT2D eigenvalue weighted by atomic mass is 16.1. The molecule has 1 aromatic heterocycles. The summed E-state index contributed by atoms with van der Waals surface area (Å²) in [5.74, 6) is 1.25. The summed E-state index contributed by atoms with van der Waals surface area (Å²) in [5, 5.41) is 6.15. The molecule has 2 N–H and O–H groups in total. The Kier molecular flexibility index (Phi) is 5.99. The first-order valence-corrected chi connectivity index (χ1v) is 7.86. The van der Waals surface area contributed by atoms with Crippen LogP contribution in [0, 0.1) is 5.92 Å². The minimum absolute atomic E-state index is 0.118. The molecule has 1 aliphatic rings. The average molecular weight is 290 g/mol. The molecule has 1 saturated heterocycles. The van der Waals surface area contributed by atoms with E-state index < -0.39 is 0 Å². The third-order valence-corrected chi connectivity index (χ3v) is 3.95. The Morgan fingerprint density at radius 1 is 1.52 bits per heavy atom. The second-order valence-corrected chi connectivity index (χ2v) is 5.63. The Morgan fingerprint density at radius 3 is 3.14 bits per heavy atom. The van der Waals surface area contributed by atoms with Crippen molar-refractivity contribution in [1.82, 2.24) is 15.2 Å². The number of likely N-dealkylation sites (tertiary alicyclic amines) is 1. The molecule has 1 aliphatic heterocycles. The molecule has 0 spiro atoms. The van der Waals surface area contributed by atoms with E-state index in [2.05, 4.69) is 33.5 Å². The topological polar surface area (TPSA) is 57.3 Å². The first-order chi connectivity index (χ1) is 10.2. The van der Waals surface area contributed by atoms with Gasteiger partial charge < -0.3 is 10.6 Å². The first-order valence-electron chi connectivity index (χ1n) is 7.86. The summed E-state index contributed by atoms with van der Waals surface area (Å²) >= 11 is 0. The molecule has 116 valence electrons. The number of pyridine rings is 1. The highest BCUT2D eigenvalue weighted by Gasteiger charge is 2.25. The molecule has 5 nitrogen and oxygen atoms in total. The highest BCUT2D eigenvalue weighted by molar-refractivity contribution is 5.78. The number of rotatable bonds is 6. The molecule has 1 amide bonds. The molecule has 1 fully saturated rings. The number of piperidine rings is 1. The maximum atomic E-state index is 11.8. The van der Waals surface area contributed by atoms with E-state index in [0.29, 0.717) is 0 Å². The molecule has 1 atom stereocenters. The summed E-state index contributed by atoms with van der Waals surface area (Å²) in [6.45, 7) is 5.82. The van der Waals surface area contributed by atoms with Gasteiger partial charge in [-0.05, 0) is 31.9 Å². The van der Waals surface area contributed by atoms with Gasteiger partial charge in [0.1, 0.15) is 5.82 Å². The zero-order chi connectivity index (χ0) is 15.1. The zero-order valence-corrected chi connectivity index (χ0v) is 13.1. The highest BCUT2D eigenvalue weighted by Crippen LogP contribution is 2.21. The van der Waals surface area contributed by atoms with Crippen molar-refractivity contribution in [2.45, 2.75) is 32.7 Å². The van der Waals surface area contributed by atoms with Crippen molar-refractivity contribution in [3.8, 4) is 0 Å². The molecular formula is C16H26N4O. The molecule has 2 heterocycles. The van der Waals surface area contributed by atoms with Crippen LogP contribution in [0.15, 0.2) is 18.3 Å². The molecule has 0 aromatic carbocycles. The van der Waals surface area contributed by atoms with Crippen LogP contribution in [0.25, 0.3) is 0 Å². The number of amides is 1. The van der Waals surface area contributed by atoms with Crippen LogP contribution < -0.4 is 10.6 Å². The van der Waals surface area contributed by atoms with Crippen LogP contribution in [0.2, 0.25) is 0 Å². The van der Waals surface area contributed by atoms with Crippen LogP contribution in [0.5, 0.6) is 0 Å². The quantitative estimate of drug-likeness (QED) is 0.839. The third-order valence-electron chi connectivity index (χ3n) is 3.95. The Morgan fingerprint density at radius 2 is 2.38 bits per heavy atom. The molecule has 21 heavy (non-hydrogen) atoms. The number of carbonyl (C=O) groups excluding carboxylic acids is 1. The van der Waals surface area contributed by atoms with Gasteiger partial charge in [-0.1, -0.05) is 13.0 Å². The van der Waals surface area contributed by atoms with E-state index in [1.807, 2.05) is 12.3 Å². The Bertz CT molecular complexity index is 463. The van der Waals surface area contributed by atoms with Gasteiger partial charge in [-0.25, -0.2) is 4.98 Å². The smallest absolute Gasteiger partial charge is 0.224 e. The summed E-state index contributed by atoms with van der Waals surface area (Å²) in [6, 6.07) is 4.10. The molecule has 2 rings (SSSR count). The molecular weight excluding hydrogens is 264 g/mol. The maximum absolute atomic E-state index is 11.8. The van der Waals surface area contributed by atoms with Gasteiger partial charge in [0.15, 0.2) is 0 Å². The van der Waals surface area contributed by atoms with Gasteiger partial charge >= 0.3 is 0 Å². The summed E-state index contributed by atoms with van der Waals surface area (Å²) in [7, 11) is 1.72. The lowest BCUT2D eigenvalue weighted by molar-refractivity contribution is -0.126.